The maximum Gasteiger partial charge on any atom is 0.120 e. The Morgan fingerprint density at radius 3 is 2.68 bits per heavy atom. The van der Waals surface area contributed by atoms with Gasteiger partial charge in [0.15, 0.2) is 0 Å². The van der Waals surface area contributed by atoms with Crippen molar-refractivity contribution in [3.63, 3.8) is 0 Å². The molecule has 0 amide bonds. The number of H-pyrrole nitrogens is 1. The fourth-order valence-corrected chi connectivity index (χ4v) is 2.18. The van der Waals surface area contributed by atoms with Crippen LogP contribution in [0, 0.1) is 13.8 Å². The van der Waals surface area contributed by atoms with E-state index in [0.29, 0.717) is 6.61 Å². The van der Waals surface area contributed by atoms with E-state index in [0.717, 1.165) is 11.3 Å². The van der Waals surface area contributed by atoms with Crippen molar-refractivity contribution < 1.29 is 4.74 Å². The Morgan fingerprint density at radius 1 is 0.947 bits per heavy atom. The average Bonchev–Trinajstić information content (AvgIpc) is 2.87. The van der Waals surface area contributed by atoms with Gasteiger partial charge in [0.25, 0.3) is 0 Å². The maximum atomic E-state index is 5.85. The highest BCUT2D eigenvalue weighted by Crippen LogP contribution is 2.21. The van der Waals surface area contributed by atoms with Gasteiger partial charge in [0.1, 0.15) is 12.4 Å². The Bertz CT molecular complexity index is 712. The van der Waals surface area contributed by atoms with Crippen molar-refractivity contribution in [3.8, 4) is 5.75 Å². The molecule has 0 spiro atoms. The Morgan fingerprint density at radius 2 is 1.84 bits per heavy atom. The monoisotopic (exact) mass is 251 g/mol. The minimum Gasteiger partial charge on any atom is -0.489 e. The second-order valence-corrected chi connectivity index (χ2v) is 4.93. The van der Waals surface area contributed by atoms with Crippen molar-refractivity contribution >= 4 is 10.9 Å². The van der Waals surface area contributed by atoms with Gasteiger partial charge in [0, 0.05) is 17.1 Å². The number of aromatic amines is 1. The highest BCUT2D eigenvalue weighted by Gasteiger charge is 2.00. The van der Waals surface area contributed by atoms with Crippen LogP contribution < -0.4 is 4.74 Å². The maximum absolute atomic E-state index is 5.85. The van der Waals surface area contributed by atoms with Crippen LogP contribution in [0.15, 0.2) is 48.7 Å². The number of hydrogen-bond acceptors (Lipinski definition) is 1. The highest BCUT2D eigenvalue weighted by atomic mass is 16.5. The molecule has 1 N–H and O–H groups in total. The Hall–Kier alpha value is -2.22. The Kier molecular flexibility index (Phi) is 3.00. The second-order valence-electron chi connectivity index (χ2n) is 4.93. The molecular weight excluding hydrogens is 234 g/mol. The standard InChI is InChI=1S/C17H17NO/c1-12-3-4-14(9-13(12)2)11-19-16-5-6-17-15(10-16)7-8-18-17/h3-10,18H,11H2,1-2H3. The summed E-state index contributed by atoms with van der Waals surface area (Å²) < 4.78 is 5.85. The molecule has 0 fully saturated rings. The molecule has 0 unspecified atom stereocenters. The molecule has 3 aromatic rings. The number of benzene rings is 2. The summed E-state index contributed by atoms with van der Waals surface area (Å²) in [5, 5.41) is 1.18. The molecule has 0 bridgehead atoms. The van der Waals surface area contributed by atoms with Gasteiger partial charge in [-0.05, 0) is 54.8 Å². The third-order valence-corrected chi connectivity index (χ3v) is 3.50. The number of aromatic nitrogens is 1. The quantitative estimate of drug-likeness (QED) is 0.735. The minimum atomic E-state index is 0.608. The van der Waals surface area contributed by atoms with E-state index in [9.17, 15) is 0 Å². The van der Waals surface area contributed by atoms with E-state index in [1.54, 1.807) is 0 Å². The van der Waals surface area contributed by atoms with Crippen LogP contribution >= 0.6 is 0 Å². The van der Waals surface area contributed by atoms with Crippen LogP contribution in [0.4, 0.5) is 0 Å². The van der Waals surface area contributed by atoms with E-state index in [-0.39, 0.29) is 0 Å². The van der Waals surface area contributed by atoms with E-state index >= 15 is 0 Å². The van der Waals surface area contributed by atoms with E-state index in [4.69, 9.17) is 4.74 Å². The van der Waals surface area contributed by atoms with E-state index in [1.807, 2.05) is 18.3 Å². The zero-order valence-electron chi connectivity index (χ0n) is 11.2. The molecule has 19 heavy (non-hydrogen) atoms. The number of aryl methyl sites for hydroxylation is 2. The first kappa shape index (κ1) is 11.8. The minimum absolute atomic E-state index is 0.608. The molecule has 1 aromatic heterocycles. The largest absolute Gasteiger partial charge is 0.489 e. The molecule has 2 aromatic carbocycles. The number of nitrogens with one attached hydrogen (secondary N) is 1. The smallest absolute Gasteiger partial charge is 0.120 e. The summed E-state index contributed by atoms with van der Waals surface area (Å²) >= 11 is 0. The number of rotatable bonds is 3. The molecule has 96 valence electrons. The summed E-state index contributed by atoms with van der Waals surface area (Å²) in [6.07, 6.45) is 1.94. The summed E-state index contributed by atoms with van der Waals surface area (Å²) in [4.78, 5) is 3.18. The van der Waals surface area contributed by atoms with Crippen molar-refractivity contribution in [1.29, 1.82) is 0 Å². The van der Waals surface area contributed by atoms with Crippen molar-refractivity contribution in [3.05, 3.63) is 65.4 Å². The zero-order valence-corrected chi connectivity index (χ0v) is 11.2. The molecule has 2 nitrogen and oxygen atoms in total. The summed E-state index contributed by atoms with van der Waals surface area (Å²) in [5.74, 6) is 0.908. The van der Waals surface area contributed by atoms with Crippen LogP contribution in [0.5, 0.6) is 5.75 Å². The molecule has 0 aliphatic carbocycles. The first-order chi connectivity index (χ1) is 9.22. The van der Waals surface area contributed by atoms with Crippen LogP contribution in [0.3, 0.4) is 0 Å². The van der Waals surface area contributed by atoms with Gasteiger partial charge >= 0.3 is 0 Å². The normalized spacial score (nSPS) is 10.8. The predicted octanol–water partition coefficient (Wildman–Crippen LogP) is 4.36. The SMILES string of the molecule is Cc1ccc(COc2ccc3[nH]ccc3c2)cc1C. The van der Waals surface area contributed by atoms with Gasteiger partial charge in [-0.2, -0.15) is 0 Å². The lowest BCUT2D eigenvalue weighted by molar-refractivity contribution is 0.306. The lowest BCUT2D eigenvalue weighted by atomic mass is 10.1. The fraction of sp³-hybridized carbons (Fsp3) is 0.176. The van der Waals surface area contributed by atoms with E-state index in [2.05, 4.69) is 49.2 Å². The molecular formula is C17H17NO. The molecule has 0 aliphatic rings. The van der Waals surface area contributed by atoms with Crippen LogP contribution in [0.2, 0.25) is 0 Å². The van der Waals surface area contributed by atoms with Gasteiger partial charge in [0.05, 0.1) is 0 Å². The zero-order chi connectivity index (χ0) is 13.2. The van der Waals surface area contributed by atoms with Crippen LogP contribution in [0.1, 0.15) is 16.7 Å². The fourth-order valence-electron chi connectivity index (χ4n) is 2.18. The average molecular weight is 251 g/mol. The van der Waals surface area contributed by atoms with Crippen molar-refractivity contribution in [2.45, 2.75) is 20.5 Å². The lowest BCUT2D eigenvalue weighted by Crippen LogP contribution is -1.96. The third kappa shape index (κ3) is 2.48. The van der Waals surface area contributed by atoms with Gasteiger partial charge in [0.2, 0.25) is 0 Å². The topological polar surface area (TPSA) is 25.0 Å². The second kappa shape index (κ2) is 4.81. The van der Waals surface area contributed by atoms with Crippen LogP contribution in [0.25, 0.3) is 10.9 Å². The first-order valence-electron chi connectivity index (χ1n) is 6.48. The molecule has 0 saturated heterocycles. The van der Waals surface area contributed by atoms with Gasteiger partial charge in [-0.1, -0.05) is 18.2 Å². The Labute approximate surface area is 113 Å². The van der Waals surface area contributed by atoms with Gasteiger partial charge in [-0.15, -0.1) is 0 Å². The van der Waals surface area contributed by atoms with Gasteiger partial charge < -0.3 is 9.72 Å². The van der Waals surface area contributed by atoms with E-state index < -0.39 is 0 Å². The summed E-state index contributed by atoms with van der Waals surface area (Å²) in [6, 6.07) is 14.6. The lowest BCUT2D eigenvalue weighted by Gasteiger charge is -2.08. The van der Waals surface area contributed by atoms with E-state index in [1.165, 1.54) is 22.1 Å². The van der Waals surface area contributed by atoms with Crippen LogP contribution in [-0.4, -0.2) is 4.98 Å². The molecule has 0 aliphatic heterocycles. The molecule has 0 saturated carbocycles. The van der Waals surface area contributed by atoms with Crippen molar-refractivity contribution in [1.82, 2.24) is 4.98 Å². The molecule has 0 atom stereocenters. The summed E-state index contributed by atoms with van der Waals surface area (Å²) in [7, 11) is 0. The van der Waals surface area contributed by atoms with Gasteiger partial charge in [-0.3, -0.25) is 0 Å². The molecule has 0 radical (unpaired) electrons. The van der Waals surface area contributed by atoms with Crippen molar-refractivity contribution in [2.75, 3.05) is 0 Å². The number of ether oxygens (including phenoxy) is 1. The van der Waals surface area contributed by atoms with Crippen LogP contribution in [-0.2, 0) is 6.61 Å². The van der Waals surface area contributed by atoms with Gasteiger partial charge in [-0.25, -0.2) is 0 Å². The number of fused-ring (bicyclic) bond motifs is 1. The first-order valence-corrected chi connectivity index (χ1v) is 6.48. The Balaban J connectivity index is 1.75. The summed E-state index contributed by atoms with van der Waals surface area (Å²) in [5.41, 5.74) is 4.97. The molecule has 2 heteroatoms. The molecule has 3 rings (SSSR count). The highest BCUT2D eigenvalue weighted by molar-refractivity contribution is 5.80. The molecule has 1 heterocycles. The summed E-state index contributed by atoms with van der Waals surface area (Å²) in [6.45, 7) is 4.86. The van der Waals surface area contributed by atoms with Crippen molar-refractivity contribution in [2.24, 2.45) is 0 Å². The third-order valence-electron chi connectivity index (χ3n) is 3.50. The number of hydrogen-bond donors (Lipinski definition) is 1. The predicted molar refractivity (Wildman–Crippen MR) is 78.5 cm³/mol.